The molecule has 0 radical (unpaired) electrons. The fourth-order valence-electron chi connectivity index (χ4n) is 1.81. The topological polar surface area (TPSA) is 31.9 Å². The average Bonchev–Trinajstić information content (AvgIpc) is 2.64. The van der Waals surface area contributed by atoms with Gasteiger partial charge in [0.25, 0.3) is 0 Å². The van der Waals surface area contributed by atoms with Crippen LogP contribution in [0, 0.1) is 6.92 Å². The molecule has 1 aromatic heterocycles. The second-order valence-corrected chi connectivity index (χ2v) is 4.71. The van der Waals surface area contributed by atoms with Crippen molar-refractivity contribution < 1.29 is 0 Å². The normalized spacial score (nSPS) is 11.1. The molecule has 0 spiro atoms. The number of nitrogens with one attached hydrogen (secondary N) is 1. The van der Waals surface area contributed by atoms with Crippen LogP contribution in [0.25, 0.3) is 0 Å². The van der Waals surface area contributed by atoms with Crippen LogP contribution in [0.5, 0.6) is 0 Å². The van der Waals surface area contributed by atoms with Crippen molar-refractivity contribution in [3.8, 4) is 0 Å². The summed E-state index contributed by atoms with van der Waals surface area (Å²) in [5.41, 5.74) is 3.44. The number of imidazole rings is 1. The van der Waals surface area contributed by atoms with Crippen LogP contribution >= 0.6 is 11.6 Å². The first-order valence-electron chi connectivity index (χ1n) is 5.57. The number of halogens is 1. The van der Waals surface area contributed by atoms with Gasteiger partial charge in [-0.15, -0.1) is 0 Å². The van der Waals surface area contributed by atoms with Crippen LogP contribution in [0.3, 0.4) is 0 Å². The Morgan fingerprint density at radius 1 is 1.35 bits per heavy atom. The molecule has 4 heteroatoms. The molecule has 0 unspecified atom stereocenters. The molecule has 2 rings (SSSR count). The number of aromatic amines is 1. The summed E-state index contributed by atoms with van der Waals surface area (Å²) in [5, 5.41) is 0.784. The highest BCUT2D eigenvalue weighted by Gasteiger charge is 2.06. The summed E-state index contributed by atoms with van der Waals surface area (Å²) in [6.45, 7) is 3.74. The Morgan fingerprint density at radius 2 is 2.18 bits per heavy atom. The minimum Gasteiger partial charge on any atom is -0.348 e. The number of H-pyrrole nitrogens is 1. The molecule has 0 amide bonds. The molecule has 1 aromatic carbocycles. The Bertz CT molecular complexity index is 493. The van der Waals surface area contributed by atoms with E-state index in [4.69, 9.17) is 11.6 Å². The minimum absolute atomic E-state index is 0.784. The Labute approximate surface area is 106 Å². The fourth-order valence-corrected chi connectivity index (χ4v) is 2.02. The Balaban J connectivity index is 1.98. The number of aromatic nitrogens is 2. The van der Waals surface area contributed by atoms with E-state index in [9.17, 15) is 0 Å². The summed E-state index contributed by atoms with van der Waals surface area (Å²) < 4.78 is 0. The number of nitrogens with zero attached hydrogens (tertiary/aromatic N) is 2. The van der Waals surface area contributed by atoms with E-state index in [2.05, 4.69) is 28.0 Å². The van der Waals surface area contributed by atoms with E-state index >= 15 is 0 Å². The molecule has 1 N–H and O–H groups in total. The predicted octanol–water partition coefficient (Wildman–Crippen LogP) is 3.00. The second kappa shape index (κ2) is 5.34. The molecular weight excluding hydrogens is 234 g/mol. The summed E-state index contributed by atoms with van der Waals surface area (Å²) in [5.74, 6) is 0. The zero-order valence-electron chi connectivity index (χ0n) is 10.1. The van der Waals surface area contributed by atoms with E-state index in [0.717, 1.165) is 29.5 Å². The van der Waals surface area contributed by atoms with Crippen LogP contribution in [0.1, 0.15) is 17.0 Å². The van der Waals surface area contributed by atoms with Crippen LogP contribution in [-0.2, 0) is 13.1 Å². The van der Waals surface area contributed by atoms with Crippen molar-refractivity contribution in [2.75, 3.05) is 7.05 Å². The SMILES string of the molecule is Cc1[nH]cnc1CN(C)Cc1cccc(Cl)c1. The Morgan fingerprint density at radius 3 is 2.82 bits per heavy atom. The maximum atomic E-state index is 5.96. The van der Waals surface area contributed by atoms with E-state index < -0.39 is 0 Å². The minimum atomic E-state index is 0.784. The monoisotopic (exact) mass is 249 g/mol. The number of benzene rings is 1. The molecule has 90 valence electrons. The van der Waals surface area contributed by atoms with E-state index in [1.54, 1.807) is 6.33 Å². The molecule has 17 heavy (non-hydrogen) atoms. The molecule has 0 saturated carbocycles. The third-order valence-electron chi connectivity index (χ3n) is 2.70. The summed E-state index contributed by atoms with van der Waals surface area (Å²) in [4.78, 5) is 9.60. The lowest BCUT2D eigenvalue weighted by Gasteiger charge is -2.16. The van der Waals surface area contributed by atoms with Crippen molar-refractivity contribution in [3.05, 3.63) is 52.6 Å². The van der Waals surface area contributed by atoms with Crippen LogP contribution < -0.4 is 0 Å². The molecule has 0 fully saturated rings. The molecule has 3 nitrogen and oxygen atoms in total. The highest BCUT2D eigenvalue weighted by Crippen LogP contribution is 2.13. The number of aryl methyl sites for hydroxylation is 1. The molecular formula is C13H16ClN3. The third-order valence-corrected chi connectivity index (χ3v) is 2.93. The van der Waals surface area contributed by atoms with E-state index in [1.165, 1.54) is 5.56 Å². The number of hydrogen-bond donors (Lipinski definition) is 1. The highest BCUT2D eigenvalue weighted by atomic mass is 35.5. The first-order chi connectivity index (χ1) is 8.15. The van der Waals surface area contributed by atoms with Gasteiger partial charge in [0.2, 0.25) is 0 Å². The van der Waals surface area contributed by atoms with Crippen molar-refractivity contribution in [2.24, 2.45) is 0 Å². The number of rotatable bonds is 4. The van der Waals surface area contributed by atoms with Gasteiger partial charge in [0, 0.05) is 23.8 Å². The smallest absolute Gasteiger partial charge is 0.0925 e. The lowest BCUT2D eigenvalue weighted by Crippen LogP contribution is -2.18. The summed E-state index contributed by atoms with van der Waals surface area (Å²) in [7, 11) is 2.08. The molecule has 0 atom stereocenters. The lowest BCUT2D eigenvalue weighted by molar-refractivity contribution is 0.315. The quantitative estimate of drug-likeness (QED) is 0.903. The summed E-state index contributed by atoms with van der Waals surface area (Å²) in [6.07, 6.45) is 1.73. The predicted molar refractivity (Wildman–Crippen MR) is 69.9 cm³/mol. The maximum Gasteiger partial charge on any atom is 0.0925 e. The van der Waals surface area contributed by atoms with Crippen LogP contribution in [-0.4, -0.2) is 21.9 Å². The van der Waals surface area contributed by atoms with Crippen LogP contribution in [0.2, 0.25) is 5.02 Å². The lowest BCUT2D eigenvalue weighted by atomic mass is 10.2. The van der Waals surface area contributed by atoms with Crippen LogP contribution in [0.15, 0.2) is 30.6 Å². The van der Waals surface area contributed by atoms with Gasteiger partial charge in [-0.1, -0.05) is 23.7 Å². The molecule has 0 saturated heterocycles. The van der Waals surface area contributed by atoms with Crippen molar-refractivity contribution in [2.45, 2.75) is 20.0 Å². The first kappa shape index (κ1) is 12.1. The van der Waals surface area contributed by atoms with Crippen LogP contribution in [0.4, 0.5) is 0 Å². The van der Waals surface area contributed by atoms with Gasteiger partial charge in [-0.3, -0.25) is 4.90 Å². The fraction of sp³-hybridized carbons (Fsp3) is 0.308. The van der Waals surface area contributed by atoms with Crippen molar-refractivity contribution in [3.63, 3.8) is 0 Å². The molecule has 0 aliphatic carbocycles. The molecule has 0 aliphatic heterocycles. The largest absolute Gasteiger partial charge is 0.348 e. The van der Waals surface area contributed by atoms with Gasteiger partial charge in [-0.25, -0.2) is 4.98 Å². The van der Waals surface area contributed by atoms with Gasteiger partial charge >= 0.3 is 0 Å². The van der Waals surface area contributed by atoms with Crippen molar-refractivity contribution in [1.29, 1.82) is 0 Å². The average molecular weight is 250 g/mol. The third kappa shape index (κ3) is 3.32. The van der Waals surface area contributed by atoms with Gasteiger partial charge in [0.15, 0.2) is 0 Å². The Hall–Kier alpha value is -1.32. The van der Waals surface area contributed by atoms with Gasteiger partial charge < -0.3 is 4.98 Å². The Kier molecular flexibility index (Phi) is 3.82. The van der Waals surface area contributed by atoms with Gasteiger partial charge in [-0.2, -0.15) is 0 Å². The van der Waals surface area contributed by atoms with E-state index in [-0.39, 0.29) is 0 Å². The standard InChI is InChI=1S/C13H16ClN3/c1-10-13(16-9-15-10)8-17(2)7-11-4-3-5-12(14)6-11/h3-6,9H,7-8H2,1-2H3,(H,15,16). The summed E-state index contributed by atoms with van der Waals surface area (Å²) >= 11 is 5.96. The van der Waals surface area contributed by atoms with Crippen molar-refractivity contribution >= 4 is 11.6 Å². The summed E-state index contributed by atoms with van der Waals surface area (Å²) in [6, 6.07) is 7.95. The first-order valence-corrected chi connectivity index (χ1v) is 5.95. The van der Waals surface area contributed by atoms with E-state index in [1.807, 2.05) is 25.1 Å². The maximum absolute atomic E-state index is 5.96. The van der Waals surface area contributed by atoms with E-state index in [0.29, 0.717) is 0 Å². The molecule has 0 aliphatic rings. The zero-order valence-corrected chi connectivity index (χ0v) is 10.8. The molecule has 2 aromatic rings. The highest BCUT2D eigenvalue weighted by molar-refractivity contribution is 6.30. The van der Waals surface area contributed by atoms with Gasteiger partial charge in [0.1, 0.15) is 0 Å². The zero-order chi connectivity index (χ0) is 12.3. The number of hydrogen-bond acceptors (Lipinski definition) is 2. The van der Waals surface area contributed by atoms with Crippen molar-refractivity contribution in [1.82, 2.24) is 14.9 Å². The molecule has 1 heterocycles. The second-order valence-electron chi connectivity index (χ2n) is 4.28. The van der Waals surface area contributed by atoms with Gasteiger partial charge in [0.05, 0.1) is 12.0 Å². The molecule has 0 bridgehead atoms. The van der Waals surface area contributed by atoms with Gasteiger partial charge in [-0.05, 0) is 31.7 Å².